The Morgan fingerprint density at radius 2 is 1.69 bits per heavy atom. The monoisotopic (exact) mass is 478 g/mol. The molecule has 3 aromatic rings. The molecule has 0 radical (unpaired) electrons. The summed E-state index contributed by atoms with van der Waals surface area (Å²) in [5.74, 6) is -2.21. The normalized spacial score (nSPS) is 23.2. The predicted octanol–water partition coefficient (Wildman–Crippen LogP) is 5.47. The van der Waals surface area contributed by atoms with Crippen molar-refractivity contribution in [3.05, 3.63) is 81.5 Å². The molecule has 5 rings (SSSR count). The van der Waals surface area contributed by atoms with Gasteiger partial charge in [0.15, 0.2) is 6.10 Å². The number of nitrogens with zero attached hydrogens (tertiary/aromatic N) is 2. The van der Waals surface area contributed by atoms with E-state index < -0.39 is 41.6 Å². The third-order valence-electron chi connectivity index (χ3n) is 5.46. The first-order chi connectivity index (χ1) is 15.3. The van der Waals surface area contributed by atoms with Gasteiger partial charge >= 0.3 is 6.18 Å². The summed E-state index contributed by atoms with van der Waals surface area (Å²) in [5, 5.41) is 3.87. The first kappa shape index (κ1) is 21.0. The molecular weight excluding hydrogens is 465 g/mol. The number of benzene rings is 2. The zero-order valence-electron chi connectivity index (χ0n) is 16.1. The zero-order valence-corrected chi connectivity index (χ0v) is 17.7. The van der Waals surface area contributed by atoms with Gasteiger partial charge in [-0.1, -0.05) is 23.7 Å². The van der Waals surface area contributed by atoms with Gasteiger partial charge in [-0.2, -0.15) is 13.2 Å². The smallest absolute Gasteiger partial charge is 0.273 e. The fraction of sp³-hybridized carbons (Fsp3) is 0.182. The maximum atomic E-state index is 13.4. The van der Waals surface area contributed by atoms with Crippen LogP contribution in [-0.2, 0) is 20.6 Å². The van der Waals surface area contributed by atoms with Crippen molar-refractivity contribution in [3.63, 3.8) is 0 Å². The lowest BCUT2D eigenvalue weighted by atomic mass is 9.95. The van der Waals surface area contributed by atoms with E-state index in [0.717, 1.165) is 21.9 Å². The molecule has 2 saturated heterocycles. The van der Waals surface area contributed by atoms with Gasteiger partial charge in [0.25, 0.3) is 5.91 Å². The fourth-order valence-electron chi connectivity index (χ4n) is 4.05. The zero-order chi connectivity index (χ0) is 22.6. The second kappa shape index (κ2) is 7.61. The fourth-order valence-corrected chi connectivity index (χ4v) is 5.03. The first-order valence-corrected chi connectivity index (χ1v) is 10.8. The van der Waals surface area contributed by atoms with Gasteiger partial charge in [0.1, 0.15) is 12.0 Å². The summed E-state index contributed by atoms with van der Waals surface area (Å²) >= 11 is 7.37. The van der Waals surface area contributed by atoms with Crippen LogP contribution in [0.1, 0.15) is 16.5 Å². The van der Waals surface area contributed by atoms with Gasteiger partial charge in [-0.15, -0.1) is 11.3 Å². The number of alkyl halides is 3. The predicted molar refractivity (Wildman–Crippen MR) is 113 cm³/mol. The van der Waals surface area contributed by atoms with Crippen molar-refractivity contribution in [1.82, 2.24) is 0 Å². The van der Waals surface area contributed by atoms with Crippen LogP contribution in [0.3, 0.4) is 0 Å². The molecule has 10 heteroatoms. The number of imide groups is 1. The van der Waals surface area contributed by atoms with Crippen LogP contribution in [0.5, 0.6) is 0 Å². The van der Waals surface area contributed by atoms with Gasteiger partial charge < -0.3 is 0 Å². The average molecular weight is 479 g/mol. The molecule has 0 aliphatic carbocycles. The van der Waals surface area contributed by atoms with Gasteiger partial charge in [-0.3, -0.25) is 14.4 Å². The van der Waals surface area contributed by atoms with Crippen LogP contribution in [0.2, 0.25) is 5.02 Å². The molecule has 32 heavy (non-hydrogen) atoms. The number of hydrogen-bond donors (Lipinski definition) is 0. The number of hydroxylamine groups is 1. The molecule has 3 heterocycles. The van der Waals surface area contributed by atoms with E-state index in [4.69, 9.17) is 16.4 Å². The third-order valence-corrected chi connectivity index (χ3v) is 6.66. The van der Waals surface area contributed by atoms with Crippen LogP contribution >= 0.6 is 22.9 Å². The van der Waals surface area contributed by atoms with Crippen molar-refractivity contribution in [1.29, 1.82) is 0 Å². The molecule has 1 aromatic heterocycles. The van der Waals surface area contributed by atoms with Crippen LogP contribution < -0.4 is 9.96 Å². The van der Waals surface area contributed by atoms with E-state index in [-0.39, 0.29) is 5.69 Å². The molecule has 0 unspecified atom stereocenters. The highest BCUT2D eigenvalue weighted by atomic mass is 35.5. The number of carbonyl (C=O) groups excluding carboxylic acids is 2. The molecule has 5 nitrogen and oxygen atoms in total. The number of halogens is 4. The SMILES string of the molecule is O=C1[C@@H]2[C@H](ON(c3ccc(Cl)cc3)[C@@H]2c2cccs2)C(=O)N1c1cccc(C(F)(F)F)c1. The maximum absolute atomic E-state index is 13.4. The van der Waals surface area contributed by atoms with E-state index >= 15 is 0 Å². The quantitative estimate of drug-likeness (QED) is 0.468. The molecule has 0 N–H and O–H groups in total. The standard InChI is InChI=1S/C22H14ClF3N2O3S/c23-13-6-8-14(9-7-13)28-18(16-5-2-10-32-16)17-19(31-28)21(30)27(20(17)29)15-4-1-3-12(11-15)22(24,25)26/h1-11,17-19H/t17-,18+,19-/m0/s1. The molecule has 2 aliphatic heterocycles. The first-order valence-electron chi connectivity index (χ1n) is 9.56. The van der Waals surface area contributed by atoms with Crippen molar-refractivity contribution in [2.45, 2.75) is 18.3 Å². The molecule has 2 aliphatic rings. The summed E-state index contributed by atoms with van der Waals surface area (Å²) in [4.78, 5) is 34.1. The number of amides is 2. The lowest BCUT2D eigenvalue weighted by Gasteiger charge is -2.28. The van der Waals surface area contributed by atoms with Crippen LogP contribution in [0.4, 0.5) is 24.5 Å². The van der Waals surface area contributed by atoms with Crippen molar-refractivity contribution in [2.24, 2.45) is 5.92 Å². The average Bonchev–Trinajstić information content (AvgIpc) is 3.46. The van der Waals surface area contributed by atoms with E-state index in [2.05, 4.69) is 0 Å². The Kier molecular flexibility index (Phi) is 4.99. The molecule has 164 valence electrons. The van der Waals surface area contributed by atoms with Crippen LogP contribution in [-0.4, -0.2) is 17.9 Å². The summed E-state index contributed by atoms with van der Waals surface area (Å²) in [6, 6.07) is 14.0. The molecule has 0 spiro atoms. The highest BCUT2D eigenvalue weighted by Gasteiger charge is 2.60. The second-order valence-electron chi connectivity index (χ2n) is 7.37. The number of fused-ring (bicyclic) bond motifs is 1. The summed E-state index contributed by atoms with van der Waals surface area (Å²) < 4.78 is 39.5. The van der Waals surface area contributed by atoms with E-state index in [9.17, 15) is 22.8 Å². The molecule has 0 bridgehead atoms. The summed E-state index contributed by atoms with van der Waals surface area (Å²) in [7, 11) is 0. The van der Waals surface area contributed by atoms with Crippen molar-refractivity contribution < 1.29 is 27.6 Å². The number of carbonyl (C=O) groups is 2. The lowest BCUT2D eigenvalue weighted by Crippen LogP contribution is -2.37. The number of anilines is 2. The largest absolute Gasteiger partial charge is 0.416 e. The van der Waals surface area contributed by atoms with Crippen molar-refractivity contribution in [3.8, 4) is 0 Å². The highest BCUT2D eigenvalue weighted by molar-refractivity contribution is 7.10. The van der Waals surface area contributed by atoms with Crippen LogP contribution in [0.15, 0.2) is 66.0 Å². The third kappa shape index (κ3) is 3.37. The van der Waals surface area contributed by atoms with E-state index in [1.165, 1.54) is 28.5 Å². The van der Waals surface area contributed by atoms with Gasteiger partial charge in [-0.05, 0) is 53.9 Å². The second-order valence-corrected chi connectivity index (χ2v) is 8.79. The molecule has 2 aromatic carbocycles. The van der Waals surface area contributed by atoms with Crippen LogP contribution in [0, 0.1) is 5.92 Å². The Bertz CT molecular complexity index is 1180. The molecule has 3 atom stereocenters. The van der Waals surface area contributed by atoms with E-state index in [1.807, 2.05) is 17.5 Å². The minimum absolute atomic E-state index is 0.129. The minimum Gasteiger partial charge on any atom is -0.273 e. The summed E-state index contributed by atoms with van der Waals surface area (Å²) in [6.45, 7) is 0. The number of thiophene rings is 1. The highest BCUT2D eigenvalue weighted by Crippen LogP contribution is 2.49. The molecule has 0 saturated carbocycles. The lowest BCUT2D eigenvalue weighted by molar-refractivity contribution is -0.137. The van der Waals surface area contributed by atoms with E-state index in [1.54, 1.807) is 24.3 Å². The number of rotatable bonds is 3. The van der Waals surface area contributed by atoms with Crippen molar-refractivity contribution >= 4 is 46.1 Å². The minimum atomic E-state index is -4.60. The Hall–Kier alpha value is -2.88. The van der Waals surface area contributed by atoms with Gasteiger partial charge in [-0.25, -0.2) is 9.96 Å². The Morgan fingerprint density at radius 3 is 2.34 bits per heavy atom. The Balaban J connectivity index is 1.54. The number of hydrogen-bond acceptors (Lipinski definition) is 5. The van der Waals surface area contributed by atoms with E-state index in [0.29, 0.717) is 10.7 Å². The maximum Gasteiger partial charge on any atom is 0.416 e. The van der Waals surface area contributed by atoms with Gasteiger partial charge in [0.2, 0.25) is 5.91 Å². The Labute approximate surface area is 189 Å². The molecular formula is C22H14ClF3N2O3S. The molecule has 2 fully saturated rings. The summed E-state index contributed by atoms with van der Waals surface area (Å²) in [5.41, 5.74) is -0.463. The molecule has 2 amide bonds. The van der Waals surface area contributed by atoms with Crippen LogP contribution in [0.25, 0.3) is 0 Å². The topological polar surface area (TPSA) is 49.9 Å². The summed E-state index contributed by atoms with van der Waals surface area (Å²) in [6.07, 6.45) is -5.75. The van der Waals surface area contributed by atoms with Gasteiger partial charge in [0, 0.05) is 9.90 Å². The Morgan fingerprint density at radius 1 is 0.938 bits per heavy atom. The van der Waals surface area contributed by atoms with Crippen molar-refractivity contribution in [2.75, 3.05) is 9.96 Å². The van der Waals surface area contributed by atoms with Gasteiger partial charge in [0.05, 0.1) is 16.9 Å².